The van der Waals surface area contributed by atoms with Crippen LogP contribution in [0.3, 0.4) is 0 Å². The minimum absolute atomic E-state index is 0.161. The van der Waals surface area contributed by atoms with E-state index in [-0.39, 0.29) is 6.03 Å². The van der Waals surface area contributed by atoms with Gasteiger partial charge >= 0.3 is 6.03 Å². The fourth-order valence-electron chi connectivity index (χ4n) is 1.69. The average molecular weight is 275 g/mol. The normalized spacial score (nSPS) is 10.0. The molecule has 0 saturated carbocycles. The van der Waals surface area contributed by atoms with Gasteiger partial charge in [-0.25, -0.2) is 4.79 Å². The van der Waals surface area contributed by atoms with Crippen LogP contribution in [0.4, 0.5) is 10.5 Å². The smallest absolute Gasteiger partial charge is 0.321 e. The molecule has 0 aliphatic heterocycles. The van der Waals surface area contributed by atoms with E-state index < -0.39 is 0 Å². The molecule has 0 saturated heterocycles. The Balaban J connectivity index is 1.98. The number of nitrogens with one attached hydrogen (secondary N) is 1. The second kappa shape index (κ2) is 6.25. The van der Waals surface area contributed by atoms with Gasteiger partial charge in [-0.15, -0.1) is 0 Å². The molecule has 0 aromatic heterocycles. The van der Waals surface area contributed by atoms with Gasteiger partial charge < -0.3 is 10.2 Å². The summed E-state index contributed by atoms with van der Waals surface area (Å²) >= 11 is 6.07. The van der Waals surface area contributed by atoms with Crippen LogP contribution in [0.1, 0.15) is 5.56 Å². The maximum atomic E-state index is 12.0. The predicted molar refractivity (Wildman–Crippen MR) is 78.4 cm³/mol. The van der Waals surface area contributed by atoms with Gasteiger partial charge in [0.05, 0.1) is 0 Å². The van der Waals surface area contributed by atoms with Crippen molar-refractivity contribution in [3.8, 4) is 0 Å². The van der Waals surface area contributed by atoms with Crippen molar-refractivity contribution in [2.45, 2.75) is 6.54 Å². The summed E-state index contributed by atoms with van der Waals surface area (Å²) in [7, 11) is 1.74. The van der Waals surface area contributed by atoms with E-state index >= 15 is 0 Å². The summed E-state index contributed by atoms with van der Waals surface area (Å²) in [6.45, 7) is 0.471. The second-order valence-electron chi connectivity index (χ2n) is 4.24. The Morgan fingerprint density at radius 2 is 1.74 bits per heavy atom. The third-order valence-corrected chi connectivity index (χ3v) is 3.11. The van der Waals surface area contributed by atoms with E-state index in [2.05, 4.69) is 5.32 Å². The molecule has 0 spiro atoms. The molecule has 0 aliphatic rings. The van der Waals surface area contributed by atoms with Gasteiger partial charge in [0.1, 0.15) is 0 Å². The topological polar surface area (TPSA) is 32.3 Å². The van der Waals surface area contributed by atoms with Crippen molar-refractivity contribution in [2.75, 3.05) is 12.4 Å². The molecule has 0 heterocycles. The van der Waals surface area contributed by atoms with Gasteiger partial charge in [-0.1, -0.05) is 48.0 Å². The van der Waals surface area contributed by atoms with Gasteiger partial charge in [-0.05, 0) is 23.8 Å². The number of anilines is 1. The summed E-state index contributed by atoms with van der Waals surface area (Å²) < 4.78 is 0. The molecule has 0 radical (unpaired) electrons. The zero-order valence-corrected chi connectivity index (χ0v) is 11.4. The Kier molecular flexibility index (Phi) is 4.42. The van der Waals surface area contributed by atoms with Crippen molar-refractivity contribution in [2.24, 2.45) is 0 Å². The van der Waals surface area contributed by atoms with Crippen molar-refractivity contribution in [1.29, 1.82) is 0 Å². The number of hydrogen-bond donors (Lipinski definition) is 1. The van der Waals surface area contributed by atoms with Crippen molar-refractivity contribution in [3.05, 3.63) is 65.2 Å². The molecule has 0 atom stereocenters. The van der Waals surface area contributed by atoms with Gasteiger partial charge in [-0.2, -0.15) is 0 Å². The zero-order chi connectivity index (χ0) is 13.7. The van der Waals surface area contributed by atoms with Crippen molar-refractivity contribution in [1.82, 2.24) is 4.90 Å². The van der Waals surface area contributed by atoms with Crippen LogP contribution in [0.25, 0.3) is 0 Å². The van der Waals surface area contributed by atoms with Crippen LogP contribution in [0, 0.1) is 0 Å². The van der Waals surface area contributed by atoms with Gasteiger partial charge in [0.2, 0.25) is 0 Å². The first-order valence-electron chi connectivity index (χ1n) is 5.97. The second-order valence-corrected chi connectivity index (χ2v) is 4.65. The lowest BCUT2D eigenvalue weighted by Gasteiger charge is -2.18. The van der Waals surface area contributed by atoms with Crippen molar-refractivity contribution in [3.63, 3.8) is 0 Å². The first-order chi connectivity index (χ1) is 9.16. The summed E-state index contributed by atoms with van der Waals surface area (Å²) in [4.78, 5) is 13.6. The summed E-state index contributed by atoms with van der Waals surface area (Å²) in [5.74, 6) is 0. The molecule has 2 aromatic carbocycles. The lowest BCUT2D eigenvalue weighted by Crippen LogP contribution is -2.30. The SMILES string of the molecule is CN(Cc1ccccc1Cl)C(=O)Nc1ccccc1. The Hall–Kier alpha value is -2.00. The molecule has 1 N–H and O–H groups in total. The number of halogens is 1. The summed E-state index contributed by atoms with van der Waals surface area (Å²) in [6, 6.07) is 16.7. The van der Waals surface area contributed by atoms with E-state index in [1.165, 1.54) is 0 Å². The molecule has 3 nitrogen and oxygen atoms in total. The summed E-state index contributed by atoms with van der Waals surface area (Å²) in [5, 5.41) is 3.49. The average Bonchev–Trinajstić information content (AvgIpc) is 2.42. The number of nitrogens with zero attached hydrogens (tertiary/aromatic N) is 1. The number of benzene rings is 2. The van der Waals surface area contributed by atoms with E-state index in [9.17, 15) is 4.79 Å². The van der Waals surface area contributed by atoms with E-state index in [0.717, 1.165) is 11.3 Å². The number of carbonyl (C=O) groups is 1. The fourth-order valence-corrected chi connectivity index (χ4v) is 1.89. The Morgan fingerprint density at radius 3 is 2.42 bits per heavy atom. The van der Waals surface area contributed by atoms with E-state index in [1.807, 2.05) is 54.6 Å². The molecule has 0 fully saturated rings. The number of para-hydroxylation sites is 1. The van der Waals surface area contributed by atoms with Gasteiger partial charge in [0.25, 0.3) is 0 Å². The Bertz CT molecular complexity index is 557. The number of carbonyl (C=O) groups excluding carboxylic acids is 1. The minimum Gasteiger partial charge on any atom is -0.323 e. The van der Waals surface area contributed by atoms with E-state index in [1.54, 1.807) is 11.9 Å². The molecule has 0 aliphatic carbocycles. The molecule has 19 heavy (non-hydrogen) atoms. The number of amides is 2. The van der Waals surface area contributed by atoms with Crippen LogP contribution >= 0.6 is 11.6 Å². The molecule has 98 valence electrons. The molecular formula is C15H15ClN2O. The highest BCUT2D eigenvalue weighted by molar-refractivity contribution is 6.31. The monoisotopic (exact) mass is 274 g/mol. The Labute approximate surface area is 117 Å². The van der Waals surface area contributed by atoms with Crippen LogP contribution in [0.5, 0.6) is 0 Å². The van der Waals surface area contributed by atoms with E-state index in [4.69, 9.17) is 11.6 Å². The molecule has 4 heteroatoms. The highest BCUT2D eigenvalue weighted by Gasteiger charge is 2.10. The molecule has 2 rings (SSSR count). The van der Waals surface area contributed by atoms with Crippen molar-refractivity contribution < 1.29 is 4.79 Å². The van der Waals surface area contributed by atoms with Gasteiger partial charge in [0, 0.05) is 24.3 Å². The summed E-state index contributed by atoms with van der Waals surface area (Å²) in [5.41, 5.74) is 1.70. The summed E-state index contributed by atoms with van der Waals surface area (Å²) in [6.07, 6.45) is 0. The Morgan fingerprint density at radius 1 is 1.11 bits per heavy atom. The molecule has 2 aromatic rings. The predicted octanol–water partition coefficient (Wildman–Crippen LogP) is 4.00. The van der Waals surface area contributed by atoms with Crippen molar-refractivity contribution >= 4 is 23.3 Å². The van der Waals surface area contributed by atoms with Gasteiger partial charge in [-0.3, -0.25) is 0 Å². The standard InChI is InChI=1S/C15H15ClN2O/c1-18(11-12-7-5-6-10-14(12)16)15(19)17-13-8-3-2-4-9-13/h2-10H,11H2,1H3,(H,17,19). The first kappa shape index (κ1) is 13.4. The number of hydrogen-bond acceptors (Lipinski definition) is 1. The van der Waals surface area contributed by atoms with Gasteiger partial charge in [0.15, 0.2) is 0 Å². The van der Waals surface area contributed by atoms with Crippen LogP contribution < -0.4 is 5.32 Å². The molecule has 0 bridgehead atoms. The third kappa shape index (κ3) is 3.73. The van der Waals surface area contributed by atoms with Crippen LogP contribution in [-0.4, -0.2) is 18.0 Å². The highest BCUT2D eigenvalue weighted by atomic mass is 35.5. The number of urea groups is 1. The minimum atomic E-state index is -0.161. The quantitative estimate of drug-likeness (QED) is 0.901. The fraction of sp³-hybridized carbons (Fsp3) is 0.133. The number of rotatable bonds is 3. The maximum absolute atomic E-state index is 12.0. The molecular weight excluding hydrogens is 260 g/mol. The molecule has 0 unspecified atom stereocenters. The zero-order valence-electron chi connectivity index (χ0n) is 10.6. The maximum Gasteiger partial charge on any atom is 0.321 e. The largest absolute Gasteiger partial charge is 0.323 e. The van der Waals surface area contributed by atoms with Crippen LogP contribution in [-0.2, 0) is 6.54 Å². The lowest BCUT2D eigenvalue weighted by molar-refractivity contribution is 0.220. The van der Waals surface area contributed by atoms with Crippen LogP contribution in [0.2, 0.25) is 5.02 Å². The van der Waals surface area contributed by atoms with Crippen LogP contribution in [0.15, 0.2) is 54.6 Å². The lowest BCUT2D eigenvalue weighted by atomic mass is 10.2. The highest BCUT2D eigenvalue weighted by Crippen LogP contribution is 2.17. The van der Waals surface area contributed by atoms with E-state index in [0.29, 0.717) is 11.6 Å². The first-order valence-corrected chi connectivity index (χ1v) is 6.35. The molecule has 2 amide bonds. The third-order valence-electron chi connectivity index (χ3n) is 2.74.